The lowest BCUT2D eigenvalue weighted by Crippen LogP contribution is -2.63. The molecule has 4 aromatic rings. The fraction of sp³-hybridized carbons (Fsp3) is 0.458. The number of ketones is 1. The Hall–Kier alpha value is -7.85. The zero-order valence-electron chi connectivity index (χ0n) is 47.3. The van der Waals surface area contributed by atoms with Gasteiger partial charge in [-0.05, 0) is 118 Å². The molecule has 1 saturated carbocycles. The number of nitrogens with one attached hydrogen (secondary N) is 6. The number of alkyl carbamates (subject to hydrolysis) is 1. The number of benzene rings is 4. The highest BCUT2D eigenvalue weighted by molar-refractivity contribution is 7.90. The number of fused-ring (bicyclic) bond motifs is 3. The van der Waals surface area contributed by atoms with Crippen LogP contribution in [-0.2, 0) is 59.4 Å². The smallest absolute Gasteiger partial charge is 0.407 e. The van der Waals surface area contributed by atoms with E-state index in [1.807, 2.05) is 48.5 Å². The lowest BCUT2D eigenvalue weighted by atomic mass is 9.80. The Labute approximate surface area is 473 Å². The first-order valence-electron chi connectivity index (χ1n) is 27.0. The Morgan fingerprint density at radius 3 is 2.02 bits per heavy atom. The second kappa shape index (κ2) is 28.0. The lowest BCUT2D eigenvalue weighted by Gasteiger charge is -2.38. The molecule has 0 heterocycles. The van der Waals surface area contributed by atoms with E-state index in [4.69, 9.17) is 24.7 Å². The SMILES string of the molecule is COC(=O)[C@H](CC(=O)OC(C)(C)C)NC(=O)[C@H](Cc1ccccc1)NC(=O)C1(NCC(=O)[C@H](CCCN=C(N)NS(=O)(=O)c2c(C)cc(OC)c(C)c2C)NC(=O)CNC(=O)OCC2c3ccccc3-c3ccccc32)CCCCC1. The van der Waals surface area contributed by atoms with Gasteiger partial charge in [0.1, 0.15) is 36.6 Å². The third-order valence-electron chi connectivity index (χ3n) is 14.3. The van der Waals surface area contributed by atoms with Crippen molar-refractivity contribution in [3.63, 3.8) is 0 Å². The van der Waals surface area contributed by atoms with E-state index in [0.717, 1.165) is 35.8 Å². The molecule has 3 atom stereocenters. The molecule has 4 aromatic carbocycles. The predicted molar refractivity (Wildman–Crippen MR) is 304 cm³/mol. The van der Waals surface area contributed by atoms with Crippen LogP contribution in [-0.4, -0.2) is 126 Å². The number of Topliss-reactive ketones (excluding diaryl/α,β-unsaturated/α-hetero) is 1. The zero-order valence-corrected chi connectivity index (χ0v) is 48.1. The van der Waals surface area contributed by atoms with Gasteiger partial charge in [-0.15, -0.1) is 0 Å². The number of aryl methyl sites for hydroxylation is 1. The van der Waals surface area contributed by atoms with Crippen LogP contribution < -0.4 is 41.8 Å². The van der Waals surface area contributed by atoms with Crippen LogP contribution in [0.5, 0.6) is 5.75 Å². The van der Waals surface area contributed by atoms with Gasteiger partial charge in [0, 0.05) is 18.9 Å². The molecule has 81 heavy (non-hydrogen) atoms. The Morgan fingerprint density at radius 2 is 1.41 bits per heavy atom. The number of guanidine groups is 1. The van der Waals surface area contributed by atoms with E-state index < -0.39 is 106 Å². The molecule has 436 valence electrons. The van der Waals surface area contributed by atoms with E-state index in [9.17, 15) is 42.0 Å². The number of rotatable bonds is 25. The maximum absolute atomic E-state index is 14.7. The van der Waals surface area contributed by atoms with Crippen LogP contribution in [0.3, 0.4) is 0 Å². The summed E-state index contributed by atoms with van der Waals surface area (Å²) in [5.74, 6) is -4.41. The van der Waals surface area contributed by atoms with Gasteiger partial charge in [-0.1, -0.05) is 98.1 Å². The third-order valence-corrected chi connectivity index (χ3v) is 16.0. The van der Waals surface area contributed by atoms with Crippen molar-refractivity contribution >= 4 is 57.5 Å². The molecular formula is C59H76N8O13S. The van der Waals surface area contributed by atoms with Crippen molar-refractivity contribution in [3.8, 4) is 16.9 Å². The average Bonchev–Trinajstić information content (AvgIpc) is 3.74. The molecular weight excluding hydrogens is 1060 g/mol. The van der Waals surface area contributed by atoms with E-state index in [-0.39, 0.29) is 56.1 Å². The molecule has 0 saturated heterocycles. The van der Waals surface area contributed by atoms with Crippen LogP contribution in [0.1, 0.15) is 111 Å². The maximum Gasteiger partial charge on any atom is 0.407 e. The molecule has 0 unspecified atom stereocenters. The number of aliphatic imine (C=N–C) groups is 1. The van der Waals surface area contributed by atoms with Crippen LogP contribution in [0.2, 0.25) is 0 Å². The molecule has 0 aromatic heterocycles. The Morgan fingerprint density at radius 1 is 0.778 bits per heavy atom. The quantitative estimate of drug-likeness (QED) is 0.0151. The zero-order chi connectivity index (χ0) is 59.1. The number of hydrogen-bond donors (Lipinski definition) is 7. The summed E-state index contributed by atoms with van der Waals surface area (Å²) in [5, 5.41) is 13.8. The summed E-state index contributed by atoms with van der Waals surface area (Å²) in [5.41, 5.74) is 10.2. The molecule has 0 spiro atoms. The minimum atomic E-state index is -4.20. The summed E-state index contributed by atoms with van der Waals surface area (Å²) in [7, 11) is -1.59. The number of nitrogens with two attached hydrogens (primary N) is 1. The molecule has 2 aliphatic carbocycles. The van der Waals surface area contributed by atoms with E-state index in [0.29, 0.717) is 40.8 Å². The van der Waals surface area contributed by atoms with Crippen molar-refractivity contribution < 1.29 is 60.9 Å². The number of ether oxygens (including phenoxy) is 4. The summed E-state index contributed by atoms with van der Waals surface area (Å²) in [4.78, 5) is 100. The molecule has 2 aliphatic rings. The molecule has 22 heteroatoms. The van der Waals surface area contributed by atoms with Crippen LogP contribution in [0.25, 0.3) is 11.1 Å². The number of methoxy groups -OCH3 is 2. The highest BCUT2D eigenvalue weighted by Crippen LogP contribution is 2.44. The minimum Gasteiger partial charge on any atom is -0.496 e. The van der Waals surface area contributed by atoms with Gasteiger partial charge in [0.15, 0.2) is 5.78 Å². The number of hydrogen-bond acceptors (Lipinski definition) is 15. The van der Waals surface area contributed by atoms with Crippen molar-refractivity contribution in [1.29, 1.82) is 0 Å². The Balaban J connectivity index is 1.16. The van der Waals surface area contributed by atoms with Crippen molar-refractivity contribution in [2.45, 2.75) is 139 Å². The summed E-state index contributed by atoms with van der Waals surface area (Å²) >= 11 is 0. The third kappa shape index (κ3) is 16.9. The van der Waals surface area contributed by atoms with Crippen LogP contribution in [0, 0.1) is 20.8 Å². The molecule has 6 rings (SSSR count). The van der Waals surface area contributed by atoms with Gasteiger partial charge in [-0.25, -0.2) is 22.7 Å². The molecule has 0 aliphatic heterocycles. The summed E-state index contributed by atoms with van der Waals surface area (Å²) < 4.78 is 50.8. The lowest BCUT2D eigenvalue weighted by molar-refractivity contribution is -0.159. The number of carbonyl (C=O) groups excluding carboxylic acids is 7. The topological polar surface area (TPSA) is 301 Å². The second-order valence-electron chi connectivity index (χ2n) is 21.3. The van der Waals surface area contributed by atoms with Crippen LogP contribution in [0.4, 0.5) is 4.79 Å². The van der Waals surface area contributed by atoms with E-state index >= 15 is 0 Å². The molecule has 1 fully saturated rings. The van der Waals surface area contributed by atoms with E-state index in [1.54, 1.807) is 77.9 Å². The Bertz CT molecular complexity index is 3040. The van der Waals surface area contributed by atoms with Crippen molar-refractivity contribution in [3.05, 3.63) is 118 Å². The largest absolute Gasteiger partial charge is 0.496 e. The van der Waals surface area contributed by atoms with Gasteiger partial charge >= 0.3 is 18.0 Å². The number of amides is 4. The van der Waals surface area contributed by atoms with Gasteiger partial charge in [-0.2, -0.15) is 0 Å². The summed E-state index contributed by atoms with van der Waals surface area (Å²) in [6.07, 6.45) is 1.19. The van der Waals surface area contributed by atoms with Crippen LogP contribution in [0.15, 0.2) is 94.8 Å². The van der Waals surface area contributed by atoms with Gasteiger partial charge in [0.25, 0.3) is 10.0 Å². The van der Waals surface area contributed by atoms with Crippen molar-refractivity contribution in [1.82, 2.24) is 31.3 Å². The monoisotopic (exact) mass is 1140 g/mol. The van der Waals surface area contributed by atoms with Gasteiger partial charge in [0.05, 0.1) is 43.7 Å². The minimum absolute atomic E-state index is 0.00211. The number of esters is 2. The normalized spacial score (nSPS) is 15.1. The van der Waals surface area contributed by atoms with Gasteiger partial charge in [-0.3, -0.25) is 34.3 Å². The first-order chi connectivity index (χ1) is 38.4. The predicted octanol–water partition coefficient (Wildman–Crippen LogP) is 5.00. The number of nitrogens with zero attached hydrogens (tertiary/aromatic N) is 1. The number of carbonyl (C=O) groups is 7. The fourth-order valence-electron chi connectivity index (χ4n) is 10.3. The van der Waals surface area contributed by atoms with E-state index in [2.05, 4.69) is 36.3 Å². The number of sulfonamides is 1. The van der Waals surface area contributed by atoms with Crippen molar-refractivity contribution in [2.75, 3.05) is 40.5 Å². The molecule has 21 nitrogen and oxygen atoms in total. The first-order valence-corrected chi connectivity index (χ1v) is 28.5. The maximum atomic E-state index is 14.7. The molecule has 8 N–H and O–H groups in total. The molecule has 4 amide bonds. The fourth-order valence-corrected chi connectivity index (χ4v) is 11.7. The van der Waals surface area contributed by atoms with E-state index in [1.165, 1.54) is 7.11 Å². The van der Waals surface area contributed by atoms with Crippen molar-refractivity contribution in [2.24, 2.45) is 10.7 Å². The standard InChI is InChI=1S/C59H76N8O13S/c1-36-30-49(77-7)37(2)38(3)52(36)81(75,76)67-56(60)61-29-19-26-45(64-50(69)34-62-57(74)79-35-44-42-24-15-13-22-40(42)41-23-14-16-25-43(41)44)48(68)33-63-59(27-17-10-18-28-59)55(73)66-46(31-39-20-11-9-12-21-39)53(71)65-47(54(72)78-8)32-51(70)80-58(4,5)6/h9,11-16,20-25,30,44-47,63H,10,17-19,26-29,31-35H2,1-8H3,(H,62,74)(H,64,69)(H,65,71)(H,66,73)(H3,60,61,67)/t45-,46-,47-/m0/s1. The summed E-state index contributed by atoms with van der Waals surface area (Å²) in [6.45, 7) is 8.95. The van der Waals surface area contributed by atoms with Crippen LogP contribution >= 0.6 is 0 Å². The summed E-state index contributed by atoms with van der Waals surface area (Å²) in [6, 6.07) is 22.2. The second-order valence-corrected chi connectivity index (χ2v) is 23.0. The molecule has 0 radical (unpaired) electrons. The highest BCUT2D eigenvalue weighted by Gasteiger charge is 2.42. The highest BCUT2D eigenvalue weighted by atomic mass is 32.2. The average molecular weight is 1140 g/mol. The van der Waals surface area contributed by atoms with Gasteiger partial charge < -0.3 is 45.9 Å². The van der Waals surface area contributed by atoms with Gasteiger partial charge in [0.2, 0.25) is 23.7 Å². The molecule has 0 bridgehead atoms. The Kier molecular flexibility index (Phi) is 21.6. The first kappa shape index (κ1) is 62.3.